The van der Waals surface area contributed by atoms with Crippen molar-refractivity contribution in [1.82, 2.24) is 24.4 Å². The summed E-state index contributed by atoms with van der Waals surface area (Å²) in [5.41, 5.74) is 0.857. The Bertz CT molecular complexity index is 642. The highest BCUT2D eigenvalue weighted by Gasteiger charge is 2.04. The van der Waals surface area contributed by atoms with Crippen LogP contribution in [-0.4, -0.2) is 30.9 Å². The van der Waals surface area contributed by atoms with Gasteiger partial charge in [0.1, 0.15) is 5.82 Å². The Hall–Kier alpha value is -2.37. The first-order valence-corrected chi connectivity index (χ1v) is 6.33. The molecule has 0 spiro atoms. The number of rotatable bonds is 5. The van der Waals surface area contributed by atoms with Crippen molar-refractivity contribution in [3.05, 3.63) is 43.0 Å². The van der Waals surface area contributed by atoms with Gasteiger partial charge < -0.3 is 5.32 Å². The van der Waals surface area contributed by atoms with Crippen molar-refractivity contribution in [3.63, 3.8) is 0 Å². The Kier molecular flexibility index (Phi) is 3.14. The summed E-state index contributed by atoms with van der Waals surface area (Å²) < 4.78 is 3.71. The average Bonchev–Trinajstić information content (AvgIpc) is 3.06. The molecule has 19 heavy (non-hydrogen) atoms. The number of imidazole rings is 1. The molecule has 6 nitrogen and oxygen atoms in total. The number of nitrogens with one attached hydrogen (secondary N) is 1. The van der Waals surface area contributed by atoms with Crippen molar-refractivity contribution in [2.24, 2.45) is 5.92 Å². The third kappa shape index (κ3) is 2.73. The van der Waals surface area contributed by atoms with Crippen LogP contribution in [0.15, 0.2) is 43.0 Å². The normalized spacial score (nSPS) is 12.7. The summed E-state index contributed by atoms with van der Waals surface area (Å²) in [6, 6.07) is 5.84. The Balaban J connectivity index is 1.59. The molecule has 98 valence electrons. The molecule has 1 atom stereocenters. The largest absolute Gasteiger partial charge is 0.368 e. The van der Waals surface area contributed by atoms with Gasteiger partial charge in [0, 0.05) is 37.9 Å². The Labute approximate surface area is 111 Å². The number of hydrogen-bond donors (Lipinski definition) is 1. The predicted molar refractivity (Wildman–Crippen MR) is 72.9 cm³/mol. The van der Waals surface area contributed by atoms with Gasteiger partial charge in [-0.3, -0.25) is 4.68 Å². The molecule has 0 bridgehead atoms. The minimum absolute atomic E-state index is 0.472. The van der Waals surface area contributed by atoms with E-state index < -0.39 is 0 Å². The lowest BCUT2D eigenvalue weighted by molar-refractivity contribution is 0.467. The van der Waals surface area contributed by atoms with Gasteiger partial charge >= 0.3 is 0 Å². The molecule has 3 aromatic heterocycles. The van der Waals surface area contributed by atoms with E-state index in [1.54, 1.807) is 16.9 Å². The van der Waals surface area contributed by atoms with Crippen LogP contribution in [0.5, 0.6) is 0 Å². The fourth-order valence-corrected chi connectivity index (χ4v) is 1.98. The highest BCUT2D eigenvalue weighted by Crippen LogP contribution is 2.07. The maximum absolute atomic E-state index is 4.42. The van der Waals surface area contributed by atoms with E-state index in [0.29, 0.717) is 5.92 Å². The second-order valence-electron chi connectivity index (χ2n) is 4.66. The molecule has 3 aromatic rings. The van der Waals surface area contributed by atoms with Crippen LogP contribution >= 0.6 is 0 Å². The van der Waals surface area contributed by atoms with Gasteiger partial charge in [-0.05, 0) is 24.1 Å². The summed E-state index contributed by atoms with van der Waals surface area (Å²) in [4.78, 5) is 4.17. The molecular formula is C13H16N6. The quantitative estimate of drug-likeness (QED) is 0.754. The number of nitrogens with zero attached hydrogens (tertiary/aromatic N) is 5. The monoisotopic (exact) mass is 256 g/mol. The minimum Gasteiger partial charge on any atom is -0.368 e. The second kappa shape index (κ2) is 5.09. The first-order chi connectivity index (χ1) is 9.31. The van der Waals surface area contributed by atoms with E-state index in [2.05, 4.69) is 27.4 Å². The van der Waals surface area contributed by atoms with Crippen molar-refractivity contribution < 1.29 is 0 Å². The molecule has 0 aliphatic heterocycles. The molecule has 1 N–H and O–H groups in total. The third-order valence-corrected chi connectivity index (χ3v) is 2.94. The Morgan fingerprint density at radius 2 is 2.21 bits per heavy atom. The van der Waals surface area contributed by atoms with Crippen LogP contribution in [-0.2, 0) is 6.54 Å². The highest BCUT2D eigenvalue weighted by molar-refractivity contribution is 5.43. The minimum atomic E-state index is 0.472. The van der Waals surface area contributed by atoms with Gasteiger partial charge in [-0.15, -0.1) is 5.10 Å². The van der Waals surface area contributed by atoms with Gasteiger partial charge in [-0.1, -0.05) is 6.92 Å². The summed E-state index contributed by atoms with van der Waals surface area (Å²) in [6.07, 6.45) is 7.36. The molecule has 0 radical (unpaired) electrons. The molecule has 0 saturated heterocycles. The van der Waals surface area contributed by atoms with Gasteiger partial charge in [0.2, 0.25) is 0 Å². The van der Waals surface area contributed by atoms with E-state index in [4.69, 9.17) is 0 Å². The van der Waals surface area contributed by atoms with Crippen LogP contribution in [0.25, 0.3) is 5.65 Å². The Morgan fingerprint density at radius 3 is 3.05 bits per heavy atom. The van der Waals surface area contributed by atoms with E-state index in [9.17, 15) is 0 Å². The third-order valence-electron chi connectivity index (χ3n) is 2.94. The number of fused-ring (bicyclic) bond motifs is 1. The van der Waals surface area contributed by atoms with Crippen LogP contribution in [0.4, 0.5) is 5.82 Å². The first-order valence-electron chi connectivity index (χ1n) is 6.33. The standard InChI is InChI=1S/C13H16N6/c1-11(10-18-7-2-5-16-18)9-15-12-3-4-13-14-6-8-19(13)17-12/h2-8,11H,9-10H2,1H3,(H,15,17)/t11-/m0/s1. The summed E-state index contributed by atoms with van der Waals surface area (Å²) in [5, 5.41) is 12.0. The van der Waals surface area contributed by atoms with Crippen LogP contribution in [0.2, 0.25) is 0 Å². The maximum atomic E-state index is 4.42. The zero-order valence-corrected chi connectivity index (χ0v) is 10.8. The number of aromatic nitrogens is 5. The van der Waals surface area contributed by atoms with Gasteiger partial charge in [0.25, 0.3) is 0 Å². The SMILES string of the molecule is C[C@@H](CNc1ccc2nccn2n1)Cn1cccn1. The first kappa shape index (κ1) is 11.7. The van der Waals surface area contributed by atoms with Gasteiger partial charge in [-0.25, -0.2) is 9.50 Å². The van der Waals surface area contributed by atoms with Crippen LogP contribution < -0.4 is 5.32 Å². The van der Waals surface area contributed by atoms with E-state index in [0.717, 1.165) is 24.6 Å². The van der Waals surface area contributed by atoms with Crippen molar-refractivity contribution >= 4 is 11.5 Å². The van der Waals surface area contributed by atoms with E-state index >= 15 is 0 Å². The van der Waals surface area contributed by atoms with Crippen molar-refractivity contribution in [3.8, 4) is 0 Å². The summed E-state index contributed by atoms with van der Waals surface area (Å²) >= 11 is 0. The second-order valence-corrected chi connectivity index (χ2v) is 4.66. The molecule has 0 fully saturated rings. The molecule has 0 amide bonds. The fraction of sp³-hybridized carbons (Fsp3) is 0.308. The zero-order valence-electron chi connectivity index (χ0n) is 10.8. The summed E-state index contributed by atoms with van der Waals surface area (Å²) in [7, 11) is 0. The fourth-order valence-electron chi connectivity index (χ4n) is 1.98. The van der Waals surface area contributed by atoms with Crippen molar-refractivity contribution in [2.45, 2.75) is 13.5 Å². The molecule has 3 heterocycles. The van der Waals surface area contributed by atoms with Crippen LogP contribution in [0.3, 0.4) is 0 Å². The zero-order chi connectivity index (χ0) is 13.1. The molecule has 0 aliphatic rings. The smallest absolute Gasteiger partial charge is 0.153 e. The predicted octanol–water partition coefficient (Wildman–Crippen LogP) is 1.67. The van der Waals surface area contributed by atoms with E-state index in [1.807, 2.05) is 35.3 Å². The topological polar surface area (TPSA) is 60.0 Å². The average molecular weight is 256 g/mol. The van der Waals surface area contributed by atoms with E-state index in [-0.39, 0.29) is 0 Å². The summed E-state index contributed by atoms with van der Waals surface area (Å²) in [6.45, 7) is 3.94. The molecule has 3 rings (SSSR count). The molecule has 0 aliphatic carbocycles. The highest BCUT2D eigenvalue weighted by atomic mass is 15.3. The van der Waals surface area contributed by atoms with Crippen molar-refractivity contribution in [2.75, 3.05) is 11.9 Å². The Morgan fingerprint density at radius 1 is 1.26 bits per heavy atom. The lowest BCUT2D eigenvalue weighted by Crippen LogP contribution is -2.18. The number of hydrogen-bond acceptors (Lipinski definition) is 4. The molecule has 0 unspecified atom stereocenters. The van der Waals surface area contributed by atoms with Gasteiger partial charge in [0.05, 0.1) is 0 Å². The molecule has 0 saturated carbocycles. The van der Waals surface area contributed by atoms with Crippen LogP contribution in [0.1, 0.15) is 6.92 Å². The van der Waals surface area contributed by atoms with Gasteiger partial charge in [0.15, 0.2) is 5.65 Å². The van der Waals surface area contributed by atoms with E-state index in [1.165, 1.54) is 0 Å². The lowest BCUT2D eigenvalue weighted by atomic mass is 10.2. The number of anilines is 1. The summed E-state index contributed by atoms with van der Waals surface area (Å²) in [5.74, 6) is 1.33. The van der Waals surface area contributed by atoms with Crippen LogP contribution in [0, 0.1) is 5.92 Å². The lowest BCUT2D eigenvalue weighted by Gasteiger charge is -2.13. The molecule has 0 aromatic carbocycles. The van der Waals surface area contributed by atoms with Gasteiger partial charge in [-0.2, -0.15) is 5.10 Å². The molecule has 6 heteroatoms. The molecular weight excluding hydrogens is 240 g/mol. The maximum Gasteiger partial charge on any atom is 0.153 e. The van der Waals surface area contributed by atoms with Crippen molar-refractivity contribution in [1.29, 1.82) is 0 Å².